The van der Waals surface area contributed by atoms with Gasteiger partial charge in [-0.1, -0.05) is 37.3 Å². The minimum Gasteiger partial charge on any atom is -0.489 e. The lowest BCUT2D eigenvalue weighted by Crippen LogP contribution is -1.99. The number of ether oxygens (including phenoxy) is 1. The molecule has 0 amide bonds. The lowest BCUT2D eigenvalue weighted by atomic mass is 10.0. The molecule has 0 saturated carbocycles. The highest BCUT2D eigenvalue weighted by molar-refractivity contribution is 7.15. The number of hydrogen-bond acceptors (Lipinski definition) is 4. The van der Waals surface area contributed by atoms with Crippen LogP contribution in [0.3, 0.4) is 0 Å². The molecule has 0 aliphatic heterocycles. The second-order valence-electron chi connectivity index (χ2n) is 5.97. The maximum Gasteiger partial charge on any atom is 0.194 e. The van der Waals surface area contributed by atoms with E-state index in [0.717, 1.165) is 45.8 Å². The first-order valence-electron chi connectivity index (χ1n) is 8.51. The van der Waals surface area contributed by atoms with Crippen molar-refractivity contribution in [2.45, 2.75) is 20.0 Å². The zero-order chi connectivity index (χ0) is 17.9. The number of aromatic nitrogens is 2. The zero-order valence-corrected chi connectivity index (χ0v) is 15.2. The number of thiazole rings is 1. The topological polar surface area (TPSA) is 43.6 Å². The van der Waals surface area contributed by atoms with Gasteiger partial charge in [-0.15, -0.1) is 11.3 Å². The molecule has 0 bridgehead atoms. The van der Waals surface area contributed by atoms with Crippen LogP contribution in [0.2, 0.25) is 0 Å². The van der Waals surface area contributed by atoms with Crippen LogP contribution in [0, 0.1) is 0 Å². The van der Waals surface area contributed by atoms with Gasteiger partial charge in [0.1, 0.15) is 23.7 Å². The summed E-state index contributed by atoms with van der Waals surface area (Å²) >= 11 is 1.52. The highest BCUT2D eigenvalue weighted by atomic mass is 32.1. The zero-order valence-electron chi connectivity index (χ0n) is 14.4. The van der Waals surface area contributed by atoms with Gasteiger partial charge in [0.25, 0.3) is 0 Å². The third-order valence-electron chi connectivity index (χ3n) is 4.36. The van der Waals surface area contributed by atoms with E-state index in [0.29, 0.717) is 12.3 Å². The van der Waals surface area contributed by atoms with Gasteiger partial charge in [0.2, 0.25) is 0 Å². The summed E-state index contributed by atoms with van der Waals surface area (Å²) in [7, 11) is 0. The van der Waals surface area contributed by atoms with E-state index in [1.807, 2.05) is 58.4 Å². The van der Waals surface area contributed by atoms with Gasteiger partial charge in [-0.2, -0.15) is 0 Å². The van der Waals surface area contributed by atoms with Crippen molar-refractivity contribution in [1.29, 1.82) is 0 Å². The molecule has 0 saturated heterocycles. The highest BCUT2D eigenvalue weighted by Crippen LogP contribution is 2.30. The molecular formula is C21H18N2O2S. The van der Waals surface area contributed by atoms with Gasteiger partial charge in [-0.05, 0) is 35.7 Å². The van der Waals surface area contributed by atoms with E-state index < -0.39 is 0 Å². The predicted molar refractivity (Wildman–Crippen MR) is 104 cm³/mol. The van der Waals surface area contributed by atoms with Gasteiger partial charge >= 0.3 is 0 Å². The molecule has 0 spiro atoms. The average Bonchev–Trinajstić information content (AvgIpc) is 3.28. The maximum absolute atomic E-state index is 11.6. The molecule has 0 aliphatic carbocycles. The minimum atomic E-state index is 0.535. The van der Waals surface area contributed by atoms with Crippen LogP contribution < -0.4 is 4.74 Å². The number of carbonyl (C=O) groups is 1. The normalized spacial score (nSPS) is 11.0. The first kappa shape index (κ1) is 16.5. The SMILES string of the molecule is CCc1cc(-c2nc3sccn3c2C=O)ccc1OCc1ccccc1. The van der Waals surface area contributed by atoms with Crippen LogP contribution >= 0.6 is 11.3 Å². The third kappa shape index (κ3) is 3.02. The number of nitrogens with zero attached hydrogens (tertiary/aromatic N) is 2. The number of aldehydes is 1. The molecule has 0 aliphatic rings. The van der Waals surface area contributed by atoms with Gasteiger partial charge in [0, 0.05) is 17.1 Å². The van der Waals surface area contributed by atoms with Crippen molar-refractivity contribution in [2.24, 2.45) is 0 Å². The Morgan fingerprint density at radius 3 is 2.81 bits per heavy atom. The van der Waals surface area contributed by atoms with E-state index in [2.05, 4.69) is 18.0 Å². The number of carbonyl (C=O) groups excluding carboxylic acids is 1. The van der Waals surface area contributed by atoms with Crippen molar-refractivity contribution < 1.29 is 9.53 Å². The molecule has 0 atom stereocenters. The molecule has 0 unspecified atom stereocenters. The van der Waals surface area contributed by atoms with Gasteiger partial charge in [-0.3, -0.25) is 9.20 Å². The summed E-state index contributed by atoms with van der Waals surface area (Å²) in [6, 6.07) is 16.1. The van der Waals surface area contributed by atoms with E-state index in [4.69, 9.17) is 4.74 Å². The summed E-state index contributed by atoms with van der Waals surface area (Å²) < 4.78 is 7.84. The van der Waals surface area contributed by atoms with Crippen LogP contribution in [-0.2, 0) is 13.0 Å². The van der Waals surface area contributed by atoms with Crippen LogP contribution in [0.4, 0.5) is 0 Å². The largest absolute Gasteiger partial charge is 0.489 e. The summed E-state index contributed by atoms with van der Waals surface area (Å²) in [6.07, 6.45) is 3.59. The third-order valence-corrected chi connectivity index (χ3v) is 5.12. The van der Waals surface area contributed by atoms with Crippen molar-refractivity contribution in [3.05, 3.63) is 76.9 Å². The molecule has 2 heterocycles. The first-order chi connectivity index (χ1) is 12.8. The fraction of sp³-hybridized carbons (Fsp3) is 0.143. The van der Waals surface area contributed by atoms with Crippen LogP contribution in [-0.4, -0.2) is 15.7 Å². The number of rotatable bonds is 6. The molecule has 4 rings (SSSR count). The summed E-state index contributed by atoms with van der Waals surface area (Å²) in [5.41, 5.74) is 4.48. The summed E-state index contributed by atoms with van der Waals surface area (Å²) in [6.45, 7) is 2.63. The lowest BCUT2D eigenvalue weighted by molar-refractivity contribution is 0.111. The highest BCUT2D eigenvalue weighted by Gasteiger charge is 2.15. The van der Waals surface area contributed by atoms with Crippen molar-refractivity contribution in [3.8, 4) is 17.0 Å². The number of imidazole rings is 1. The quantitative estimate of drug-likeness (QED) is 0.453. The molecular weight excluding hydrogens is 344 g/mol. The Labute approximate surface area is 155 Å². The fourth-order valence-corrected chi connectivity index (χ4v) is 3.73. The summed E-state index contributed by atoms with van der Waals surface area (Å²) in [5, 5.41) is 1.93. The molecule has 0 radical (unpaired) electrons. The number of aryl methyl sites for hydroxylation is 1. The van der Waals surface area contributed by atoms with E-state index >= 15 is 0 Å². The standard InChI is InChI=1S/C21H18N2O2S/c1-2-16-12-17(20-18(13-24)23-10-11-26-21(23)22-20)8-9-19(16)25-14-15-6-4-3-5-7-15/h3-13H,2,14H2,1H3. The Hall–Kier alpha value is -2.92. The van der Waals surface area contributed by atoms with E-state index in [9.17, 15) is 4.79 Å². The van der Waals surface area contributed by atoms with Crippen LogP contribution in [0.1, 0.15) is 28.5 Å². The van der Waals surface area contributed by atoms with Gasteiger partial charge in [0.15, 0.2) is 11.2 Å². The Balaban J connectivity index is 1.66. The van der Waals surface area contributed by atoms with Crippen LogP contribution in [0.15, 0.2) is 60.1 Å². The van der Waals surface area contributed by atoms with Gasteiger partial charge in [0.05, 0.1) is 0 Å². The molecule has 26 heavy (non-hydrogen) atoms. The van der Waals surface area contributed by atoms with Gasteiger partial charge < -0.3 is 4.74 Å². The fourth-order valence-electron chi connectivity index (χ4n) is 3.01. The molecule has 2 aromatic heterocycles. The Bertz CT molecular complexity index is 1050. The first-order valence-corrected chi connectivity index (χ1v) is 9.39. The van der Waals surface area contributed by atoms with Crippen molar-refractivity contribution in [2.75, 3.05) is 0 Å². The molecule has 4 aromatic rings. The predicted octanol–water partition coefficient (Wildman–Crippen LogP) is 5.02. The van der Waals surface area contributed by atoms with E-state index in [1.54, 1.807) is 0 Å². The van der Waals surface area contributed by atoms with Crippen LogP contribution in [0.5, 0.6) is 5.75 Å². The number of hydrogen-bond donors (Lipinski definition) is 0. The molecule has 5 heteroatoms. The second kappa shape index (κ2) is 7.14. The monoisotopic (exact) mass is 362 g/mol. The average molecular weight is 362 g/mol. The minimum absolute atomic E-state index is 0.535. The lowest BCUT2D eigenvalue weighted by Gasteiger charge is -2.12. The molecule has 130 valence electrons. The molecule has 0 N–H and O–H groups in total. The Morgan fingerprint density at radius 2 is 2.04 bits per heavy atom. The molecule has 2 aromatic carbocycles. The molecule has 0 fully saturated rings. The summed E-state index contributed by atoms with van der Waals surface area (Å²) in [5.74, 6) is 0.869. The van der Waals surface area contributed by atoms with Crippen molar-refractivity contribution in [1.82, 2.24) is 9.38 Å². The summed E-state index contributed by atoms with van der Waals surface area (Å²) in [4.78, 5) is 17.0. The van der Waals surface area contributed by atoms with Crippen LogP contribution in [0.25, 0.3) is 16.2 Å². The van der Waals surface area contributed by atoms with Gasteiger partial charge in [-0.25, -0.2) is 4.98 Å². The Morgan fingerprint density at radius 1 is 1.19 bits per heavy atom. The van der Waals surface area contributed by atoms with E-state index in [1.165, 1.54) is 11.3 Å². The molecule has 4 nitrogen and oxygen atoms in total. The number of benzene rings is 2. The van der Waals surface area contributed by atoms with Crippen molar-refractivity contribution in [3.63, 3.8) is 0 Å². The van der Waals surface area contributed by atoms with E-state index in [-0.39, 0.29) is 0 Å². The smallest absolute Gasteiger partial charge is 0.194 e. The second-order valence-corrected chi connectivity index (χ2v) is 6.84. The number of fused-ring (bicyclic) bond motifs is 1. The van der Waals surface area contributed by atoms with Crippen molar-refractivity contribution >= 4 is 22.6 Å². The maximum atomic E-state index is 11.6. The Kier molecular flexibility index (Phi) is 4.54.